The lowest BCUT2D eigenvalue weighted by molar-refractivity contribution is 0.0550. The van der Waals surface area contributed by atoms with Crippen LogP contribution < -0.4 is 0 Å². The Labute approximate surface area is 130 Å². The number of ether oxygens (including phenoxy) is 1. The summed E-state index contributed by atoms with van der Waals surface area (Å²) >= 11 is 1.45. The predicted molar refractivity (Wildman–Crippen MR) is 85.5 cm³/mol. The second kappa shape index (κ2) is 6.07. The van der Waals surface area contributed by atoms with Gasteiger partial charge in [0.15, 0.2) is 0 Å². The molecule has 0 saturated heterocycles. The first-order chi connectivity index (χ1) is 10.7. The number of aromatic nitrogens is 1. The fraction of sp³-hybridized carbons (Fsp3) is 0.0588. The van der Waals surface area contributed by atoms with E-state index in [2.05, 4.69) is 11.6 Å². The van der Waals surface area contributed by atoms with Crippen LogP contribution in [0, 0.1) is 5.82 Å². The smallest absolute Gasteiger partial charge is 0.338 e. The van der Waals surface area contributed by atoms with Gasteiger partial charge in [-0.05, 0) is 42.5 Å². The molecule has 0 aliphatic carbocycles. The minimum Gasteiger partial charge on any atom is -0.458 e. The van der Waals surface area contributed by atoms with Crippen molar-refractivity contribution in [3.05, 3.63) is 66.5 Å². The van der Waals surface area contributed by atoms with Crippen LogP contribution in [0.25, 0.3) is 20.8 Å². The topological polar surface area (TPSA) is 39.2 Å². The third-order valence-electron chi connectivity index (χ3n) is 3.05. The highest BCUT2D eigenvalue weighted by Gasteiger charge is 2.11. The van der Waals surface area contributed by atoms with Gasteiger partial charge in [-0.2, -0.15) is 0 Å². The minimum absolute atomic E-state index is 0.181. The average Bonchev–Trinajstić information content (AvgIpc) is 2.96. The van der Waals surface area contributed by atoms with E-state index in [1.165, 1.54) is 29.5 Å². The van der Waals surface area contributed by atoms with Gasteiger partial charge in [-0.15, -0.1) is 11.3 Å². The van der Waals surface area contributed by atoms with Gasteiger partial charge >= 0.3 is 5.97 Å². The Bertz CT molecular complexity index is 839. The molecule has 0 unspecified atom stereocenters. The highest BCUT2D eigenvalue weighted by molar-refractivity contribution is 7.21. The second-order valence-electron chi connectivity index (χ2n) is 4.60. The number of benzene rings is 2. The van der Waals surface area contributed by atoms with E-state index in [1.54, 1.807) is 30.3 Å². The average molecular weight is 313 g/mol. The normalized spacial score (nSPS) is 10.6. The van der Waals surface area contributed by atoms with Crippen molar-refractivity contribution in [3.8, 4) is 10.6 Å². The van der Waals surface area contributed by atoms with E-state index in [1.807, 2.05) is 0 Å². The fourth-order valence-electron chi connectivity index (χ4n) is 1.99. The number of esters is 1. The number of carbonyl (C=O) groups excluding carboxylic acids is 1. The van der Waals surface area contributed by atoms with Crippen LogP contribution in [-0.4, -0.2) is 17.6 Å². The van der Waals surface area contributed by atoms with Crippen molar-refractivity contribution in [2.45, 2.75) is 0 Å². The Morgan fingerprint density at radius 1 is 1.27 bits per heavy atom. The van der Waals surface area contributed by atoms with Gasteiger partial charge < -0.3 is 4.74 Å². The first-order valence-corrected chi connectivity index (χ1v) is 7.43. The standard InChI is InChI=1S/C17H12FNO2S/c1-2-9-21-17(20)12-5-8-14-15(10-12)22-16(19-14)11-3-6-13(18)7-4-11/h2-8,10H,1,9H2. The van der Waals surface area contributed by atoms with E-state index >= 15 is 0 Å². The van der Waals surface area contributed by atoms with Crippen molar-refractivity contribution in [1.29, 1.82) is 0 Å². The molecule has 0 aliphatic rings. The molecule has 0 radical (unpaired) electrons. The van der Waals surface area contributed by atoms with Crippen LogP contribution in [0.1, 0.15) is 10.4 Å². The molecule has 5 heteroatoms. The molecule has 0 bridgehead atoms. The summed E-state index contributed by atoms with van der Waals surface area (Å²) in [5.41, 5.74) is 2.12. The number of carbonyl (C=O) groups is 1. The highest BCUT2D eigenvalue weighted by Crippen LogP contribution is 2.30. The Balaban J connectivity index is 1.94. The van der Waals surface area contributed by atoms with Gasteiger partial charge in [0, 0.05) is 5.56 Å². The van der Waals surface area contributed by atoms with Gasteiger partial charge in [0.05, 0.1) is 15.8 Å². The second-order valence-corrected chi connectivity index (χ2v) is 5.63. The summed E-state index contributed by atoms with van der Waals surface area (Å²) in [6, 6.07) is 11.4. The zero-order chi connectivity index (χ0) is 15.5. The van der Waals surface area contributed by atoms with Crippen molar-refractivity contribution in [2.75, 3.05) is 6.61 Å². The Morgan fingerprint density at radius 2 is 2.05 bits per heavy atom. The summed E-state index contributed by atoms with van der Waals surface area (Å²) < 4.78 is 18.9. The summed E-state index contributed by atoms with van der Waals surface area (Å²) in [5.74, 6) is -0.671. The number of hydrogen-bond acceptors (Lipinski definition) is 4. The largest absolute Gasteiger partial charge is 0.458 e. The zero-order valence-electron chi connectivity index (χ0n) is 11.6. The van der Waals surface area contributed by atoms with Crippen LogP contribution in [-0.2, 0) is 4.74 Å². The molecule has 1 aromatic heterocycles. The molecule has 0 amide bonds. The predicted octanol–water partition coefficient (Wildman–Crippen LogP) is 4.45. The quantitative estimate of drug-likeness (QED) is 0.528. The Kier molecular flexibility index (Phi) is 3.98. The van der Waals surface area contributed by atoms with Crippen LogP contribution in [0.2, 0.25) is 0 Å². The molecule has 1 heterocycles. The summed E-state index contributed by atoms with van der Waals surface area (Å²) in [7, 11) is 0. The number of fused-ring (bicyclic) bond motifs is 1. The molecule has 0 spiro atoms. The number of hydrogen-bond donors (Lipinski definition) is 0. The van der Waals surface area contributed by atoms with Crippen LogP contribution in [0.3, 0.4) is 0 Å². The molecule has 0 saturated carbocycles. The van der Waals surface area contributed by atoms with Crippen molar-refractivity contribution in [1.82, 2.24) is 4.98 Å². The first-order valence-electron chi connectivity index (χ1n) is 6.62. The summed E-state index contributed by atoms with van der Waals surface area (Å²) in [4.78, 5) is 16.3. The maximum atomic E-state index is 13.0. The molecule has 0 aliphatic heterocycles. The molecule has 0 N–H and O–H groups in total. The van der Waals surface area contributed by atoms with Gasteiger partial charge in [-0.1, -0.05) is 12.7 Å². The van der Waals surface area contributed by atoms with E-state index in [4.69, 9.17) is 4.74 Å². The first kappa shape index (κ1) is 14.4. The number of rotatable bonds is 4. The fourth-order valence-corrected chi connectivity index (χ4v) is 3.00. The summed E-state index contributed by atoms with van der Waals surface area (Å²) in [5, 5.41) is 0.784. The van der Waals surface area contributed by atoms with Gasteiger partial charge in [0.2, 0.25) is 0 Å². The van der Waals surface area contributed by atoms with E-state index < -0.39 is 5.97 Å². The number of nitrogens with zero attached hydrogens (tertiary/aromatic N) is 1. The van der Waals surface area contributed by atoms with Crippen LogP contribution in [0.5, 0.6) is 0 Å². The molecule has 3 nitrogen and oxygen atoms in total. The Morgan fingerprint density at radius 3 is 2.77 bits per heavy atom. The molecule has 3 rings (SSSR count). The molecule has 0 atom stereocenters. The van der Waals surface area contributed by atoms with Crippen LogP contribution in [0.4, 0.5) is 4.39 Å². The van der Waals surface area contributed by atoms with Gasteiger partial charge in [-0.3, -0.25) is 0 Å². The molecule has 110 valence electrons. The lowest BCUT2D eigenvalue weighted by Crippen LogP contribution is -2.04. The van der Waals surface area contributed by atoms with E-state index in [0.29, 0.717) is 5.56 Å². The van der Waals surface area contributed by atoms with Crippen molar-refractivity contribution in [2.24, 2.45) is 0 Å². The zero-order valence-corrected chi connectivity index (χ0v) is 12.4. The third-order valence-corrected chi connectivity index (χ3v) is 4.11. The third kappa shape index (κ3) is 2.89. The van der Waals surface area contributed by atoms with Crippen LogP contribution in [0.15, 0.2) is 55.1 Å². The molecule has 22 heavy (non-hydrogen) atoms. The monoisotopic (exact) mass is 313 g/mol. The van der Waals surface area contributed by atoms with Crippen molar-refractivity contribution >= 4 is 27.5 Å². The maximum absolute atomic E-state index is 13.0. The minimum atomic E-state index is -0.390. The van der Waals surface area contributed by atoms with Gasteiger partial charge in [-0.25, -0.2) is 14.2 Å². The summed E-state index contributed by atoms with van der Waals surface area (Å²) in [6.07, 6.45) is 1.52. The maximum Gasteiger partial charge on any atom is 0.338 e. The van der Waals surface area contributed by atoms with Crippen molar-refractivity contribution < 1.29 is 13.9 Å². The number of thiazole rings is 1. The van der Waals surface area contributed by atoms with Crippen molar-refractivity contribution in [3.63, 3.8) is 0 Å². The van der Waals surface area contributed by atoms with Gasteiger partial charge in [0.1, 0.15) is 17.4 Å². The van der Waals surface area contributed by atoms with E-state index in [-0.39, 0.29) is 12.4 Å². The Hall–Kier alpha value is -2.53. The molecule has 2 aromatic carbocycles. The lowest BCUT2D eigenvalue weighted by Gasteiger charge is -2.00. The lowest BCUT2D eigenvalue weighted by atomic mass is 10.2. The van der Waals surface area contributed by atoms with Gasteiger partial charge in [0.25, 0.3) is 0 Å². The molecule has 3 aromatic rings. The molecular formula is C17H12FNO2S. The molecular weight excluding hydrogens is 301 g/mol. The highest BCUT2D eigenvalue weighted by atomic mass is 32.1. The van der Waals surface area contributed by atoms with E-state index in [0.717, 1.165) is 20.8 Å². The van der Waals surface area contributed by atoms with E-state index in [9.17, 15) is 9.18 Å². The van der Waals surface area contributed by atoms with Crippen LogP contribution >= 0.6 is 11.3 Å². The molecule has 0 fully saturated rings. The summed E-state index contributed by atoms with van der Waals surface area (Å²) in [6.45, 7) is 3.69. The SMILES string of the molecule is C=CCOC(=O)c1ccc2nc(-c3ccc(F)cc3)sc2c1. The number of halogens is 1.